The summed E-state index contributed by atoms with van der Waals surface area (Å²) < 4.78 is 0. The number of rotatable bonds is 11. The van der Waals surface area contributed by atoms with E-state index in [1.54, 1.807) is 0 Å². The number of hydrogen-bond donors (Lipinski definition) is 3. The Balaban J connectivity index is 0. The number of nitrogens with one attached hydrogen (secondary N) is 1. The summed E-state index contributed by atoms with van der Waals surface area (Å²) in [4.78, 5) is 0. The molecular weight excluding hydrogens is 554 g/mol. The van der Waals surface area contributed by atoms with Crippen LogP contribution < -0.4 is 5.48 Å². The molecule has 0 spiro atoms. The Morgan fingerprint density at radius 2 is 1.15 bits per heavy atom. The Hall–Kier alpha value is -0.126. The van der Waals surface area contributed by atoms with E-state index in [4.69, 9.17) is 45.1 Å². The maximum absolute atomic E-state index is 8.80. The molecule has 0 amide bonds. The molecule has 0 aromatic heterocycles. The van der Waals surface area contributed by atoms with E-state index in [0.717, 1.165) is 32.1 Å². The molecule has 3 N–H and O–H groups in total. The van der Waals surface area contributed by atoms with E-state index in [1.807, 2.05) is 11.6 Å². The van der Waals surface area contributed by atoms with E-state index in [2.05, 4.69) is 52.8 Å². The third kappa shape index (κ3) is 18.8. The summed E-state index contributed by atoms with van der Waals surface area (Å²) in [6, 6.07) is 2.94. The number of benzene rings is 1. The summed E-state index contributed by atoms with van der Waals surface area (Å²) in [6.07, 6.45) is 15.7. The minimum Gasteiger partial charge on any atom is -0.392 e. The monoisotopic (exact) mass is 590 g/mol. The second kappa shape index (κ2) is 21.2. The standard InChI is InChI=1S/C20H34O.C6H4Cl3NO.Y/c1-17(2)9-6-10-18(3)11-7-12-19(4)13-8-14-20(5)15-16-21;7-4-1-3(10-11)2-5(8)6(4)9;/h9,11,13,15,21H,6-8,10,12,14,16H2,1-5H3;1-2,10-11H;/b18-11+,19-13+,20-15+;;. The number of aliphatic hydroxyl groups excluding tert-OH is 1. The molecule has 0 aliphatic carbocycles. The molecule has 0 saturated heterocycles. The third-order valence-electron chi connectivity index (χ3n) is 4.71. The minimum absolute atomic E-state index is 0. The summed E-state index contributed by atoms with van der Waals surface area (Å²) >= 11 is 16.9. The van der Waals surface area contributed by atoms with Gasteiger partial charge in [0.1, 0.15) is 0 Å². The number of aliphatic hydroxyl groups is 1. The first kappa shape index (κ1) is 35.0. The van der Waals surface area contributed by atoms with Crippen LogP contribution in [0.25, 0.3) is 0 Å². The van der Waals surface area contributed by atoms with Crippen molar-refractivity contribution in [3.05, 3.63) is 73.8 Å². The van der Waals surface area contributed by atoms with Crippen molar-refractivity contribution in [2.24, 2.45) is 0 Å². The molecule has 1 aromatic carbocycles. The van der Waals surface area contributed by atoms with E-state index in [9.17, 15) is 0 Å². The van der Waals surface area contributed by atoms with Gasteiger partial charge in [0.05, 0.1) is 27.4 Å². The molecule has 1 radical (unpaired) electrons. The van der Waals surface area contributed by atoms with Gasteiger partial charge in [-0.3, -0.25) is 10.7 Å². The Morgan fingerprint density at radius 3 is 1.52 bits per heavy atom. The van der Waals surface area contributed by atoms with E-state index in [1.165, 1.54) is 40.8 Å². The first-order valence-electron chi connectivity index (χ1n) is 10.9. The molecule has 0 bridgehead atoms. The van der Waals surface area contributed by atoms with Gasteiger partial charge in [0.2, 0.25) is 0 Å². The number of hydrogen-bond acceptors (Lipinski definition) is 3. The van der Waals surface area contributed by atoms with Crippen molar-refractivity contribution >= 4 is 40.5 Å². The molecule has 183 valence electrons. The van der Waals surface area contributed by atoms with Crippen molar-refractivity contribution in [2.75, 3.05) is 12.1 Å². The normalized spacial score (nSPS) is 11.9. The van der Waals surface area contributed by atoms with Gasteiger partial charge in [-0.15, -0.1) is 0 Å². The average Bonchev–Trinajstić information content (AvgIpc) is 2.72. The van der Waals surface area contributed by atoms with Crippen LogP contribution in [-0.2, 0) is 32.7 Å². The smallest absolute Gasteiger partial charge is 0.0780 e. The molecule has 33 heavy (non-hydrogen) atoms. The van der Waals surface area contributed by atoms with Gasteiger partial charge in [0.15, 0.2) is 0 Å². The predicted octanol–water partition coefficient (Wildman–Crippen LogP) is 9.57. The van der Waals surface area contributed by atoms with Crippen LogP contribution in [-0.4, -0.2) is 16.9 Å². The fourth-order valence-corrected chi connectivity index (χ4v) is 3.36. The Labute approximate surface area is 240 Å². The molecule has 0 unspecified atom stereocenters. The Bertz CT molecular complexity index is 791. The predicted molar refractivity (Wildman–Crippen MR) is 142 cm³/mol. The maximum atomic E-state index is 8.80. The summed E-state index contributed by atoms with van der Waals surface area (Å²) in [5.74, 6) is 0. The van der Waals surface area contributed by atoms with E-state index in [-0.39, 0.29) is 44.3 Å². The zero-order valence-electron chi connectivity index (χ0n) is 20.5. The minimum atomic E-state index is 0. The summed E-state index contributed by atoms with van der Waals surface area (Å²) in [6.45, 7) is 11.0. The van der Waals surface area contributed by atoms with Crippen LogP contribution in [0.1, 0.15) is 73.1 Å². The summed E-state index contributed by atoms with van der Waals surface area (Å²) in [5.41, 5.74) is 7.97. The zero-order valence-corrected chi connectivity index (χ0v) is 25.6. The van der Waals surface area contributed by atoms with Gasteiger partial charge in [-0.2, -0.15) is 0 Å². The van der Waals surface area contributed by atoms with Crippen molar-refractivity contribution < 1.29 is 43.0 Å². The molecule has 1 aromatic rings. The Morgan fingerprint density at radius 1 is 0.758 bits per heavy atom. The first-order valence-corrected chi connectivity index (χ1v) is 12.0. The van der Waals surface area contributed by atoms with Gasteiger partial charge in [-0.25, -0.2) is 0 Å². The topological polar surface area (TPSA) is 52.5 Å². The van der Waals surface area contributed by atoms with Gasteiger partial charge in [0, 0.05) is 32.7 Å². The van der Waals surface area contributed by atoms with Gasteiger partial charge in [0.25, 0.3) is 0 Å². The SMILES string of the molecule is CC(C)=CCC/C(C)=C/CC/C(C)=C/CC/C(C)=C/CO.ONc1cc(Cl)c(Cl)c(Cl)c1.[Y]. The molecular formula is C26H38Cl3NO2Y. The van der Waals surface area contributed by atoms with Crippen molar-refractivity contribution in [2.45, 2.75) is 73.1 Å². The largest absolute Gasteiger partial charge is 0.392 e. The Kier molecular flexibility index (Phi) is 22.5. The van der Waals surface area contributed by atoms with Crippen molar-refractivity contribution in [1.29, 1.82) is 0 Å². The van der Waals surface area contributed by atoms with Gasteiger partial charge in [-0.1, -0.05) is 81.4 Å². The maximum Gasteiger partial charge on any atom is 0.0780 e. The molecule has 0 aliphatic heterocycles. The van der Waals surface area contributed by atoms with Crippen LogP contribution in [0, 0.1) is 0 Å². The molecule has 0 saturated carbocycles. The second-order valence-corrected chi connectivity index (χ2v) is 9.29. The molecule has 0 fully saturated rings. The fraction of sp³-hybridized carbons (Fsp3) is 0.462. The molecule has 7 heteroatoms. The number of anilines is 1. The van der Waals surface area contributed by atoms with E-state index in [0.29, 0.717) is 15.7 Å². The van der Waals surface area contributed by atoms with Gasteiger partial charge in [-0.05, 0) is 85.3 Å². The van der Waals surface area contributed by atoms with Crippen molar-refractivity contribution in [3.8, 4) is 0 Å². The molecule has 0 aliphatic rings. The van der Waals surface area contributed by atoms with Crippen LogP contribution in [0.3, 0.4) is 0 Å². The fourth-order valence-electron chi connectivity index (χ4n) is 2.76. The quantitative estimate of drug-likeness (QED) is 0.136. The summed E-state index contributed by atoms with van der Waals surface area (Å²) in [5, 5.41) is 18.2. The second-order valence-electron chi connectivity index (χ2n) is 8.10. The van der Waals surface area contributed by atoms with Crippen LogP contribution in [0.2, 0.25) is 15.1 Å². The van der Waals surface area contributed by atoms with Crippen LogP contribution in [0.4, 0.5) is 5.69 Å². The van der Waals surface area contributed by atoms with Gasteiger partial charge < -0.3 is 5.11 Å². The molecule has 1 rings (SSSR count). The van der Waals surface area contributed by atoms with Crippen LogP contribution in [0.15, 0.2) is 58.7 Å². The number of halogens is 3. The molecule has 3 nitrogen and oxygen atoms in total. The molecule has 0 heterocycles. The first-order chi connectivity index (χ1) is 15.1. The van der Waals surface area contributed by atoms with Crippen LogP contribution >= 0.6 is 34.8 Å². The van der Waals surface area contributed by atoms with Crippen molar-refractivity contribution in [3.63, 3.8) is 0 Å². The van der Waals surface area contributed by atoms with E-state index >= 15 is 0 Å². The zero-order chi connectivity index (χ0) is 24.5. The van der Waals surface area contributed by atoms with Crippen LogP contribution in [0.5, 0.6) is 0 Å². The third-order valence-corrected chi connectivity index (χ3v) is 5.90. The van der Waals surface area contributed by atoms with Gasteiger partial charge >= 0.3 is 0 Å². The molecule has 0 atom stereocenters. The number of allylic oxidation sites excluding steroid dienone is 7. The van der Waals surface area contributed by atoms with Crippen molar-refractivity contribution in [1.82, 2.24) is 0 Å². The van der Waals surface area contributed by atoms with E-state index < -0.39 is 0 Å². The average molecular weight is 592 g/mol. The summed E-state index contributed by atoms with van der Waals surface area (Å²) in [7, 11) is 0.